The van der Waals surface area contributed by atoms with Crippen LogP contribution in [-0.4, -0.2) is 24.0 Å². The third-order valence-electron chi connectivity index (χ3n) is 3.44. The number of halogens is 1. The van der Waals surface area contributed by atoms with Crippen molar-refractivity contribution in [3.05, 3.63) is 21.9 Å². The van der Waals surface area contributed by atoms with Crippen molar-refractivity contribution in [1.29, 1.82) is 0 Å². The zero-order chi connectivity index (χ0) is 10.8. The highest BCUT2D eigenvalue weighted by Crippen LogP contribution is 2.26. The fourth-order valence-electron chi connectivity index (χ4n) is 2.36. The molecule has 2 rings (SSSR count). The lowest BCUT2D eigenvalue weighted by molar-refractivity contribution is 0.258. The van der Waals surface area contributed by atoms with Crippen LogP contribution in [0.5, 0.6) is 0 Å². The van der Waals surface area contributed by atoms with Gasteiger partial charge in [-0.25, -0.2) is 0 Å². The van der Waals surface area contributed by atoms with E-state index in [2.05, 4.69) is 30.2 Å². The molecule has 2 heterocycles. The Balaban J connectivity index is 0.00000128. The van der Waals surface area contributed by atoms with Gasteiger partial charge in [-0.2, -0.15) is 0 Å². The highest BCUT2D eigenvalue weighted by atomic mass is 35.5. The standard InChI is InChI=1S/C12H20N2S.ClH/c1-9-3-4-15-12(9)8-14-7-11(6-13)5-10(14)2;/h3-4,10-11H,5-8,13H2,1-2H3;1H. The molecule has 0 amide bonds. The Morgan fingerprint density at radius 3 is 2.81 bits per heavy atom. The van der Waals surface area contributed by atoms with Gasteiger partial charge in [-0.1, -0.05) is 0 Å². The van der Waals surface area contributed by atoms with E-state index in [-0.39, 0.29) is 12.4 Å². The zero-order valence-corrected chi connectivity index (χ0v) is 11.6. The molecular weight excluding hydrogens is 240 g/mol. The highest BCUT2D eigenvalue weighted by Gasteiger charge is 2.28. The molecular formula is C12H21ClN2S. The first-order valence-corrected chi connectivity index (χ1v) is 6.55. The molecule has 0 bridgehead atoms. The third kappa shape index (κ3) is 2.98. The van der Waals surface area contributed by atoms with E-state index in [9.17, 15) is 0 Å². The van der Waals surface area contributed by atoms with E-state index in [1.54, 1.807) is 0 Å². The lowest BCUT2D eigenvalue weighted by Crippen LogP contribution is -2.27. The van der Waals surface area contributed by atoms with Gasteiger partial charge < -0.3 is 5.73 Å². The van der Waals surface area contributed by atoms with E-state index < -0.39 is 0 Å². The van der Waals surface area contributed by atoms with Crippen molar-refractivity contribution in [3.63, 3.8) is 0 Å². The average Bonchev–Trinajstić information content (AvgIpc) is 2.76. The second-order valence-electron chi connectivity index (χ2n) is 4.64. The molecule has 4 heteroatoms. The summed E-state index contributed by atoms with van der Waals surface area (Å²) in [7, 11) is 0. The smallest absolute Gasteiger partial charge is 0.0333 e. The largest absolute Gasteiger partial charge is 0.330 e. The molecule has 0 aromatic carbocycles. The minimum absolute atomic E-state index is 0. The quantitative estimate of drug-likeness (QED) is 0.906. The number of hydrogen-bond acceptors (Lipinski definition) is 3. The predicted molar refractivity (Wildman–Crippen MR) is 73.3 cm³/mol. The van der Waals surface area contributed by atoms with Crippen LogP contribution in [-0.2, 0) is 6.54 Å². The van der Waals surface area contributed by atoms with Gasteiger partial charge in [-0.15, -0.1) is 23.7 Å². The fourth-order valence-corrected chi connectivity index (χ4v) is 3.29. The van der Waals surface area contributed by atoms with Crippen molar-refractivity contribution < 1.29 is 0 Å². The van der Waals surface area contributed by atoms with Crippen molar-refractivity contribution in [2.75, 3.05) is 13.1 Å². The Labute approximate surface area is 108 Å². The zero-order valence-electron chi connectivity index (χ0n) is 9.98. The summed E-state index contributed by atoms with van der Waals surface area (Å²) in [4.78, 5) is 4.08. The van der Waals surface area contributed by atoms with Crippen LogP contribution in [0, 0.1) is 12.8 Å². The Kier molecular flexibility index (Phi) is 5.25. The summed E-state index contributed by atoms with van der Waals surface area (Å²) in [6, 6.07) is 2.90. The topological polar surface area (TPSA) is 29.3 Å². The summed E-state index contributed by atoms with van der Waals surface area (Å²) in [5.74, 6) is 0.709. The summed E-state index contributed by atoms with van der Waals surface area (Å²) in [6.45, 7) is 7.64. The molecule has 1 saturated heterocycles. The Bertz CT molecular complexity index is 327. The van der Waals surface area contributed by atoms with Gasteiger partial charge in [-0.05, 0) is 49.7 Å². The molecule has 1 aliphatic rings. The minimum Gasteiger partial charge on any atom is -0.330 e. The molecule has 0 spiro atoms. The normalized spacial score (nSPS) is 25.7. The van der Waals surface area contributed by atoms with Crippen molar-refractivity contribution in [3.8, 4) is 0 Å². The highest BCUT2D eigenvalue weighted by molar-refractivity contribution is 7.10. The molecule has 2 atom stereocenters. The first-order chi connectivity index (χ1) is 7.20. The van der Waals surface area contributed by atoms with Gasteiger partial charge >= 0.3 is 0 Å². The molecule has 92 valence electrons. The van der Waals surface area contributed by atoms with Crippen LogP contribution >= 0.6 is 23.7 Å². The van der Waals surface area contributed by atoms with Crippen LogP contribution in [0.3, 0.4) is 0 Å². The number of thiophene rings is 1. The first-order valence-electron chi connectivity index (χ1n) is 5.67. The molecule has 0 aliphatic carbocycles. The van der Waals surface area contributed by atoms with Crippen LogP contribution in [0.2, 0.25) is 0 Å². The van der Waals surface area contributed by atoms with Gasteiger partial charge in [0, 0.05) is 24.0 Å². The van der Waals surface area contributed by atoms with Crippen LogP contribution in [0.25, 0.3) is 0 Å². The van der Waals surface area contributed by atoms with Crippen LogP contribution < -0.4 is 5.73 Å². The Morgan fingerprint density at radius 2 is 2.31 bits per heavy atom. The molecule has 2 nitrogen and oxygen atoms in total. The lowest BCUT2D eigenvalue weighted by atomic mass is 10.1. The maximum absolute atomic E-state index is 5.74. The second kappa shape index (κ2) is 6.01. The molecule has 1 aromatic rings. The summed E-state index contributed by atoms with van der Waals surface area (Å²) >= 11 is 1.87. The summed E-state index contributed by atoms with van der Waals surface area (Å²) in [6.07, 6.45) is 1.26. The van der Waals surface area contributed by atoms with Gasteiger partial charge in [0.25, 0.3) is 0 Å². The number of nitrogens with zero attached hydrogens (tertiary/aromatic N) is 1. The number of hydrogen-bond donors (Lipinski definition) is 1. The van der Waals surface area contributed by atoms with Gasteiger partial charge in [-0.3, -0.25) is 4.90 Å². The van der Waals surface area contributed by atoms with E-state index in [0.717, 1.165) is 13.1 Å². The van der Waals surface area contributed by atoms with E-state index in [0.29, 0.717) is 12.0 Å². The third-order valence-corrected chi connectivity index (χ3v) is 4.45. The molecule has 1 fully saturated rings. The molecule has 1 aromatic heterocycles. The van der Waals surface area contributed by atoms with E-state index in [1.165, 1.54) is 23.4 Å². The second-order valence-corrected chi connectivity index (χ2v) is 5.64. The first kappa shape index (κ1) is 14.0. The van der Waals surface area contributed by atoms with Crippen LogP contribution in [0.15, 0.2) is 11.4 Å². The number of nitrogens with two attached hydrogens (primary N) is 1. The van der Waals surface area contributed by atoms with Gasteiger partial charge in [0.2, 0.25) is 0 Å². The number of aryl methyl sites for hydroxylation is 1. The Hall–Kier alpha value is -0.0900. The fraction of sp³-hybridized carbons (Fsp3) is 0.667. The van der Waals surface area contributed by atoms with E-state index in [1.807, 2.05) is 11.3 Å². The molecule has 2 unspecified atom stereocenters. The van der Waals surface area contributed by atoms with Crippen molar-refractivity contribution in [1.82, 2.24) is 4.90 Å². The lowest BCUT2D eigenvalue weighted by Gasteiger charge is -2.20. The van der Waals surface area contributed by atoms with Crippen molar-refractivity contribution in [2.45, 2.75) is 32.9 Å². The molecule has 0 radical (unpaired) electrons. The minimum atomic E-state index is 0. The SMILES string of the molecule is Cc1ccsc1CN1CC(CN)CC1C.Cl. The van der Waals surface area contributed by atoms with E-state index >= 15 is 0 Å². The monoisotopic (exact) mass is 260 g/mol. The number of likely N-dealkylation sites (tertiary alicyclic amines) is 1. The maximum Gasteiger partial charge on any atom is 0.0333 e. The average molecular weight is 261 g/mol. The molecule has 16 heavy (non-hydrogen) atoms. The summed E-state index contributed by atoms with van der Waals surface area (Å²) < 4.78 is 0. The van der Waals surface area contributed by atoms with Gasteiger partial charge in [0.05, 0.1) is 0 Å². The molecule has 0 saturated carbocycles. The van der Waals surface area contributed by atoms with Crippen LogP contribution in [0.1, 0.15) is 23.8 Å². The predicted octanol–water partition coefficient (Wildman–Crippen LogP) is 2.65. The van der Waals surface area contributed by atoms with Gasteiger partial charge in [0.15, 0.2) is 0 Å². The molecule has 1 aliphatic heterocycles. The van der Waals surface area contributed by atoms with Gasteiger partial charge in [0.1, 0.15) is 0 Å². The Morgan fingerprint density at radius 1 is 1.56 bits per heavy atom. The van der Waals surface area contributed by atoms with Crippen LogP contribution in [0.4, 0.5) is 0 Å². The van der Waals surface area contributed by atoms with E-state index in [4.69, 9.17) is 5.73 Å². The number of rotatable bonds is 3. The molecule has 2 N–H and O–H groups in total. The van der Waals surface area contributed by atoms with Crippen molar-refractivity contribution >= 4 is 23.7 Å². The van der Waals surface area contributed by atoms with Crippen molar-refractivity contribution in [2.24, 2.45) is 11.7 Å². The maximum atomic E-state index is 5.74. The summed E-state index contributed by atoms with van der Waals surface area (Å²) in [5, 5.41) is 2.19. The summed E-state index contributed by atoms with van der Waals surface area (Å²) in [5.41, 5.74) is 7.17.